The number of aryl methyl sites for hydroxylation is 1. The van der Waals surface area contributed by atoms with Gasteiger partial charge in [0.2, 0.25) is 0 Å². The minimum Gasteiger partial charge on any atom is -0.496 e. The molecule has 0 bridgehead atoms. The zero-order valence-corrected chi connectivity index (χ0v) is 16.2. The number of benzene rings is 2. The summed E-state index contributed by atoms with van der Waals surface area (Å²) < 4.78 is 10.6. The molecule has 0 unspecified atom stereocenters. The van der Waals surface area contributed by atoms with Gasteiger partial charge in [-0.2, -0.15) is 0 Å². The van der Waals surface area contributed by atoms with Crippen molar-refractivity contribution in [2.45, 2.75) is 13.3 Å². The van der Waals surface area contributed by atoms with Crippen molar-refractivity contribution in [2.75, 3.05) is 24.9 Å². The summed E-state index contributed by atoms with van der Waals surface area (Å²) in [6.45, 7) is 2.12. The molecule has 1 aromatic heterocycles. The Bertz CT molecular complexity index is 916. The van der Waals surface area contributed by atoms with E-state index < -0.39 is 0 Å². The number of pyridine rings is 1. The first-order chi connectivity index (χ1) is 13.6. The SMILES string of the molecule is CCc1ccc(Nc2ccc(NC(=O)c3c(OC)cccc3OC)cn2)cc1. The van der Waals surface area contributed by atoms with Crippen LogP contribution in [0.4, 0.5) is 17.2 Å². The number of carbonyl (C=O) groups excluding carboxylic acids is 1. The molecule has 3 aromatic rings. The van der Waals surface area contributed by atoms with E-state index in [1.54, 1.807) is 30.5 Å². The number of ether oxygens (including phenoxy) is 2. The van der Waals surface area contributed by atoms with Gasteiger partial charge in [-0.25, -0.2) is 4.98 Å². The molecule has 2 aromatic carbocycles. The molecule has 0 radical (unpaired) electrons. The van der Waals surface area contributed by atoms with Gasteiger partial charge in [0.05, 0.1) is 26.1 Å². The van der Waals surface area contributed by atoms with E-state index in [0.717, 1.165) is 12.1 Å². The zero-order chi connectivity index (χ0) is 19.9. The van der Waals surface area contributed by atoms with Crippen LogP contribution in [0.15, 0.2) is 60.8 Å². The molecule has 144 valence electrons. The Morgan fingerprint density at radius 1 is 0.929 bits per heavy atom. The van der Waals surface area contributed by atoms with Crippen LogP contribution in [0, 0.1) is 0 Å². The van der Waals surface area contributed by atoms with Gasteiger partial charge in [0.25, 0.3) is 5.91 Å². The standard InChI is InChI=1S/C22H23N3O3/c1-4-15-8-10-16(11-9-15)24-20-13-12-17(14-23-20)25-22(26)21-18(27-2)6-5-7-19(21)28-3/h5-14H,4H2,1-3H3,(H,23,24)(H,25,26). The second kappa shape index (κ2) is 8.90. The van der Waals surface area contributed by atoms with E-state index in [-0.39, 0.29) is 5.91 Å². The largest absolute Gasteiger partial charge is 0.496 e. The normalized spacial score (nSPS) is 10.2. The lowest BCUT2D eigenvalue weighted by atomic mass is 10.1. The lowest BCUT2D eigenvalue weighted by Crippen LogP contribution is -2.14. The Morgan fingerprint density at radius 3 is 2.11 bits per heavy atom. The van der Waals surface area contributed by atoms with Gasteiger partial charge >= 0.3 is 0 Å². The Kier molecular flexibility index (Phi) is 6.11. The fourth-order valence-corrected chi connectivity index (χ4v) is 2.78. The number of hydrogen-bond donors (Lipinski definition) is 2. The molecule has 1 amide bonds. The number of hydrogen-bond acceptors (Lipinski definition) is 5. The Hall–Kier alpha value is -3.54. The van der Waals surface area contributed by atoms with E-state index in [0.29, 0.717) is 28.6 Å². The highest BCUT2D eigenvalue weighted by Gasteiger charge is 2.18. The highest BCUT2D eigenvalue weighted by Crippen LogP contribution is 2.29. The molecule has 2 N–H and O–H groups in total. The molecule has 0 atom stereocenters. The summed E-state index contributed by atoms with van der Waals surface area (Å²) >= 11 is 0. The van der Waals surface area contributed by atoms with E-state index in [9.17, 15) is 4.79 Å². The monoisotopic (exact) mass is 377 g/mol. The topological polar surface area (TPSA) is 72.5 Å². The van der Waals surface area contributed by atoms with E-state index in [1.165, 1.54) is 19.8 Å². The molecule has 0 aliphatic heterocycles. The molecule has 6 nitrogen and oxygen atoms in total. The molecule has 3 rings (SSSR count). The fourth-order valence-electron chi connectivity index (χ4n) is 2.78. The summed E-state index contributed by atoms with van der Waals surface area (Å²) in [5, 5.41) is 6.06. The predicted octanol–water partition coefficient (Wildman–Crippen LogP) is 4.66. The summed E-state index contributed by atoms with van der Waals surface area (Å²) in [7, 11) is 3.03. The third-order valence-electron chi connectivity index (χ3n) is 4.31. The summed E-state index contributed by atoms with van der Waals surface area (Å²) in [5.74, 6) is 1.25. The molecule has 0 aliphatic rings. The van der Waals surface area contributed by atoms with E-state index in [2.05, 4.69) is 34.7 Å². The van der Waals surface area contributed by atoms with Crippen molar-refractivity contribution in [3.63, 3.8) is 0 Å². The lowest BCUT2D eigenvalue weighted by molar-refractivity contribution is 0.102. The smallest absolute Gasteiger partial charge is 0.263 e. The summed E-state index contributed by atoms with van der Waals surface area (Å²) in [6.07, 6.45) is 2.60. The van der Waals surface area contributed by atoms with Gasteiger partial charge in [-0.15, -0.1) is 0 Å². The molecule has 0 aliphatic carbocycles. The maximum atomic E-state index is 12.7. The number of aromatic nitrogens is 1. The number of anilines is 3. The second-order valence-corrected chi connectivity index (χ2v) is 6.10. The number of methoxy groups -OCH3 is 2. The van der Waals surface area contributed by atoms with Gasteiger partial charge in [0.15, 0.2) is 0 Å². The van der Waals surface area contributed by atoms with Crippen molar-refractivity contribution in [1.29, 1.82) is 0 Å². The lowest BCUT2D eigenvalue weighted by Gasteiger charge is -2.13. The molecule has 0 fully saturated rings. The van der Waals surface area contributed by atoms with Gasteiger partial charge in [0, 0.05) is 5.69 Å². The number of amides is 1. The Morgan fingerprint density at radius 2 is 1.57 bits per heavy atom. The van der Waals surface area contributed by atoms with Crippen LogP contribution in [0.25, 0.3) is 0 Å². The first-order valence-electron chi connectivity index (χ1n) is 8.99. The van der Waals surface area contributed by atoms with Crippen LogP contribution < -0.4 is 20.1 Å². The summed E-state index contributed by atoms with van der Waals surface area (Å²) in [6, 6.07) is 17.0. The van der Waals surface area contributed by atoms with Crippen molar-refractivity contribution in [3.05, 3.63) is 71.9 Å². The maximum absolute atomic E-state index is 12.7. The second-order valence-electron chi connectivity index (χ2n) is 6.10. The fraction of sp³-hybridized carbons (Fsp3) is 0.182. The Balaban J connectivity index is 1.71. The van der Waals surface area contributed by atoms with Gasteiger partial charge in [-0.05, 0) is 48.4 Å². The molecule has 6 heteroatoms. The molecule has 28 heavy (non-hydrogen) atoms. The molecule has 0 saturated carbocycles. The minimum absolute atomic E-state index is 0.327. The van der Waals surface area contributed by atoms with Crippen molar-refractivity contribution in [1.82, 2.24) is 4.98 Å². The van der Waals surface area contributed by atoms with Crippen LogP contribution in [-0.4, -0.2) is 25.1 Å². The van der Waals surface area contributed by atoms with Crippen LogP contribution >= 0.6 is 0 Å². The van der Waals surface area contributed by atoms with Crippen LogP contribution in [-0.2, 0) is 6.42 Å². The van der Waals surface area contributed by atoms with Crippen molar-refractivity contribution in [3.8, 4) is 11.5 Å². The molecule has 0 spiro atoms. The Labute approximate surface area is 164 Å². The third kappa shape index (κ3) is 4.40. The number of carbonyl (C=O) groups is 1. The van der Waals surface area contributed by atoms with Gasteiger partial charge in [-0.3, -0.25) is 4.79 Å². The highest BCUT2D eigenvalue weighted by molar-refractivity contribution is 6.08. The molecular formula is C22H23N3O3. The van der Waals surface area contributed by atoms with Gasteiger partial charge in [0.1, 0.15) is 22.9 Å². The van der Waals surface area contributed by atoms with Crippen LogP contribution in [0.1, 0.15) is 22.8 Å². The number of nitrogens with zero attached hydrogens (tertiary/aromatic N) is 1. The predicted molar refractivity (Wildman–Crippen MR) is 111 cm³/mol. The van der Waals surface area contributed by atoms with E-state index in [4.69, 9.17) is 9.47 Å². The minimum atomic E-state index is -0.327. The first kappa shape index (κ1) is 19.2. The van der Waals surface area contributed by atoms with E-state index >= 15 is 0 Å². The van der Waals surface area contributed by atoms with Crippen molar-refractivity contribution >= 4 is 23.1 Å². The maximum Gasteiger partial charge on any atom is 0.263 e. The first-order valence-corrected chi connectivity index (χ1v) is 8.99. The number of rotatable bonds is 7. The van der Waals surface area contributed by atoms with Crippen LogP contribution in [0.3, 0.4) is 0 Å². The zero-order valence-electron chi connectivity index (χ0n) is 16.2. The summed E-state index contributed by atoms with van der Waals surface area (Å²) in [4.78, 5) is 17.1. The van der Waals surface area contributed by atoms with Crippen molar-refractivity contribution in [2.24, 2.45) is 0 Å². The van der Waals surface area contributed by atoms with Crippen molar-refractivity contribution < 1.29 is 14.3 Å². The van der Waals surface area contributed by atoms with Crippen LogP contribution in [0.2, 0.25) is 0 Å². The highest BCUT2D eigenvalue weighted by atomic mass is 16.5. The average Bonchev–Trinajstić information content (AvgIpc) is 2.75. The van der Waals surface area contributed by atoms with Gasteiger partial charge in [-0.1, -0.05) is 25.1 Å². The number of nitrogens with one attached hydrogen (secondary N) is 2. The molecule has 1 heterocycles. The third-order valence-corrected chi connectivity index (χ3v) is 4.31. The molecule has 0 saturated heterocycles. The van der Waals surface area contributed by atoms with E-state index in [1.807, 2.05) is 18.2 Å². The average molecular weight is 377 g/mol. The molecular weight excluding hydrogens is 354 g/mol. The van der Waals surface area contributed by atoms with Gasteiger partial charge < -0.3 is 20.1 Å². The van der Waals surface area contributed by atoms with Crippen LogP contribution in [0.5, 0.6) is 11.5 Å². The quantitative estimate of drug-likeness (QED) is 0.627. The summed E-state index contributed by atoms with van der Waals surface area (Å²) in [5.41, 5.74) is 3.15.